The van der Waals surface area contributed by atoms with Crippen molar-refractivity contribution in [2.45, 2.75) is 11.6 Å². The van der Waals surface area contributed by atoms with Gasteiger partial charge in [0.2, 0.25) is 0 Å². The number of rotatable bonds is 4. The Morgan fingerprint density at radius 1 is 1.10 bits per heavy atom. The first-order chi connectivity index (χ1) is 9.77. The standard InChI is InChI=1S/C13H11F3N2O2S/c1-21(19,20)13-3-2-9(7-18-13)17-6-8-4-11(15)12(16)5-10(8)14/h2-5,7,17H,6H2,1H3. The van der Waals surface area contributed by atoms with Crippen molar-refractivity contribution in [3.63, 3.8) is 0 Å². The van der Waals surface area contributed by atoms with E-state index in [1.807, 2.05) is 0 Å². The quantitative estimate of drug-likeness (QED) is 0.881. The summed E-state index contributed by atoms with van der Waals surface area (Å²) in [6.07, 6.45) is 2.28. The predicted octanol–water partition coefficient (Wildman–Crippen LogP) is 2.51. The molecular weight excluding hydrogens is 305 g/mol. The number of benzene rings is 1. The third kappa shape index (κ3) is 3.72. The Kier molecular flexibility index (Phi) is 4.17. The molecule has 112 valence electrons. The molecule has 21 heavy (non-hydrogen) atoms. The minimum atomic E-state index is -3.39. The number of sulfone groups is 1. The summed E-state index contributed by atoms with van der Waals surface area (Å²) in [4.78, 5) is 3.74. The first kappa shape index (κ1) is 15.3. The molecule has 0 saturated heterocycles. The number of aromatic nitrogens is 1. The van der Waals surface area contributed by atoms with Crippen LogP contribution in [0.2, 0.25) is 0 Å². The molecule has 8 heteroatoms. The highest BCUT2D eigenvalue weighted by Crippen LogP contribution is 2.16. The molecule has 0 bridgehead atoms. The number of halogens is 3. The van der Waals surface area contributed by atoms with Crippen LogP contribution in [0.25, 0.3) is 0 Å². The van der Waals surface area contributed by atoms with Crippen molar-refractivity contribution in [1.82, 2.24) is 4.98 Å². The molecule has 0 spiro atoms. The molecule has 1 heterocycles. The number of nitrogens with zero attached hydrogens (tertiary/aromatic N) is 1. The van der Waals surface area contributed by atoms with Gasteiger partial charge in [-0.1, -0.05) is 0 Å². The van der Waals surface area contributed by atoms with E-state index in [1.165, 1.54) is 18.3 Å². The van der Waals surface area contributed by atoms with Gasteiger partial charge in [0.25, 0.3) is 0 Å². The van der Waals surface area contributed by atoms with Crippen LogP contribution in [-0.4, -0.2) is 19.7 Å². The maximum atomic E-state index is 13.4. The Bertz CT molecular complexity index is 762. The number of hydrogen-bond donors (Lipinski definition) is 1. The maximum absolute atomic E-state index is 13.4. The zero-order chi connectivity index (χ0) is 15.6. The van der Waals surface area contributed by atoms with Crippen molar-refractivity contribution >= 4 is 15.5 Å². The van der Waals surface area contributed by atoms with Crippen molar-refractivity contribution in [2.24, 2.45) is 0 Å². The summed E-state index contributed by atoms with van der Waals surface area (Å²) in [5, 5.41) is 2.65. The average Bonchev–Trinajstić information content (AvgIpc) is 2.41. The van der Waals surface area contributed by atoms with Gasteiger partial charge in [0.15, 0.2) is 26.5 Å². The van der Waals surface area contributed by atoms with Gasteiger partial charge in [-0.25, -0.2) is 26.6 Å². The van der Waals surface area contributed by atoms with E-state index in [0.29, 0.717) is 11.8 Å². The molecule has 0 saturated carbocycles. The van der Waals surface area contributed by atoms with Crippen LogP contribution in [0, 0.1) is 17.5 Å². The van der Waals surface area contributed by atoms with Gasteiger partial charge in [-0.3, -0.25) is 0 Å². The van der Waals surface area contributed by atoms with Gasteiger partial charge >= 0.3 is 0 Å². The van der Waals surface area contributed by atoms with Crippen LogP contribution in [0.5, 0.6) is 0 Å². The van der Waals surface area contributed by atoms with Crippen LogP contribution in [0.4, 0.5) is 18.9 Å². The normalized spacial score (nSPS) is 11.4. The molecule has 1 aromatic heterocycles. The summed E-state index contributed by atoms with van der Waals surface area (Å²) in [6.45, 7) is -0.0943. The summed E-state index contributed by atoms with van der Waals surface area (Å²) >= 11 is 0. The largest absolute Gasteiger partial charge is 0.380 e. The van der Waals surface area contributed by atoms with Crippen LogP contribution in [0.15, 0.2) is 35.5 Å². The van der Waals surface area contributed by atoms with Crippen molar-refractivity contribution < 1.29 is 21.6 Å². The first-order valence-electron chi connectivity index (χ1n) is 5.81. The number of hydrogen-bond acceptors (Lipinski definition) is 4. The Labute approximate surface area is 119 Å². The van der Waals surface area contributed by atoms with Gasteiger partial charge in [0, 0.05) is 24.4 Å². The van der Waals surface area contributed by atoms with E-state index in [0.717, 1.165) is 12.3 Å². The van der Waals surface area contributed by atoms with E-state index in [4.69, 9.17) is 0 Å². The topological polar surface area (TPSA) is 59.1 Å². The molecule has 0 aliphatic heterocycles. The SMILES string of the molecule is CS(=O)(=O)c1ccc(NCc2cc(F)c(F)cc2F)cn1. The smallest absolute Gasteiger partial charge is 0.192 e. The third-order valence-corrected chi connectivity index (χ3v) is 3.69. The summed E-state index contributed by atoms with van der Waals surface area (Å²) in [6, 6.07) is 3.97. The highest BCUT2D eigenvalue weighted by molar-refractivity contribution is 7.90. The molecule has 2 rings (SSSR count). The van der Waals surface area contributed by atoms with E-state index in [9.17, 15) is 21.6 Å². The fourth-order valence-electron chi connectivity index (χ4n) is 1.60. The summed E-state index contributed by atoms with van der Waals surface area (Å²) in [7, 11) is -3.39. The second-order valence-electron chi connectivity index (χ2n) is 4.37. The van der Waals surface area contributed by atoms with E-state index in [1.54, 1.807) is 0 Å². The third-order valence-electron chi connectivity index (χ3n) is 2.69. The molecular formula is C13H11F3N2O2S. The lowest BCUT2D eigenvalue weighted by Gasteiger charge is -2.08. The Morgan fingerprint density at radius 2 is 1.76 bits per heavy atom. The van der Waals surface area contributed by atoms with E-state index < -0.39 is 27.3 Å². The fraction of sp³-hybridized carbons (Fsp3) is 0.154. The lowest BCUT2D eigenvalue weighted by atomic mass is 10.2. The second-order valence-corrected chi connectivity index (χ2v) is 6.33. The minimum Gasteiger partial charge on any atom is -0.380 e. The van der Waals surface area contributed by atoms with E-state index in [2.05, 4.69) is 10.3 Å². The highest BCUT2D eigenvalue weighted by atomic mass is 32.2. The van der Waals surface area contributed by atoms with Gasteiger partial charge in [-0.15, -0.1) is 0 Å². The molecule has 0 amide bonds. The van der Waals surface area contributed by atoms with E-state index in [-0.39, 0.29) is 17.1 Å². The van der Waals surface area contributed by atoms with Crippen LogP contribution in [0.1, 0.15) is 5.56 Å². The molecule has 0 radical (unpaired) electrons. The average molecular weight is 316 g/mol. The van der Waals surface area contributed by atoms with Crippen LogP contribution < -0.4 is 5.32 Å². The lowest BCUT2D eigenvalue weighted by Crippen LogP contribution is -2.05. The molecule has 0 fully saturated rings. The molecule has 4 nitrogen and oxygen atoms in total. The number of nitrogens with one attached hydrogen (secondary N) is 1. The number of pyridine rings is 1. The Morgan fingerprint density at radius 3 is 2.33 bits per heavy atom. The first-order valence-corrected chi connectivity index (χ1v) is 7.70. The van der Waals surface area contributed by atoms with E-state index >= 15 is 0 Å². The van der Waals surface area contributed by atoms with Crippen molar-refractivity contribution in [3.8, 4) is 0 Å². The van der Waals surface area contributed by atoms with Gasteiger partial charge in [0.1, 0.15) is 5.82 Å². The summed E-state index contributed by atoms with van der Waals surface area (Å²) in [5.41, 5.74) is 0.368. The lowest BCUT2D eigenvalue weighted by molar-refractivity contribution is 0.490. The van der Waals surface area contributed by atoms with Gasteiger partial charge in [0.05, 0.1) is 11.9 Å². The molecule has 0 aliphatic carbocycles. The fourth-order valence-corrected chi connectivity index (χ4v) is 2.16. The Balaban J connectivity index is 2.12. The van der Waals surface area contributed by atoms with Crippen molar-refractivity contribution in [3.05, 3.63) is 53.5 Å². The van der Waals surface area contributed by atoms with Crippen molar-refractivity contribution in [2.75, 3.05) is 11.6 Å². The Hall–Kier alpha value is -2.09. The molecule has 1 N–H and O–H groups in total. The number of anilines is 1. The summed E-state index contributed by atoms with van der Waals surface area (Å²) < 4.78 is 61.7. The van der Waals surface area contributed by atoms with Crippen molar-refractivity contribution in [1.29, 1.82) is 0 Å². The van der Waals surface area contributed by atoms with Gasteiger partial charge < -0.3 is 5.32 Å². The zero-order valence-corrected chi connectivity index (χ0v) is 11.7. The highest BCUT2D eigenvalue weighted by Gasteiger charge is 2.10. The van der Waals surface area contributed by atoms with Crippen LogP contribution in [-0.2, 0) is 16.4 Å². The molecule has 0 atom stereocenters. The molecule has 0 aliphatic rings. The minimum absolute atomic E-state index is 0.0545. The maximum Gasteiger partial charge on any atom is 0.192 e. The molecule has 0 unspecified atom stereocenters. The monoisotopic (exact) mass is 316 g/mol. The predicted molar refractivity (Wildman–Crippen MR) is 71.0 cm³/mol. The van der Waals surface area contributed by atoms with Crippen LogP contribution in [0.3, 0.4) is 0 Å². The van der Waals surface area contributed by atoms with Crippen LogP contribution >= 0.6 is 0 Å². The second kappa shape index (κ2) is 5.72. The van der Waals surface area contributed by atoms with Gasteiger partial charge in [-0.05, 0) is 18.2 Å². The molecule has 1 aromatic carbocycles. The molecule has 2 aromatic rings. The van der Waals surface area contributed by atoms with Gasteiger partial charge in [-0.2, -0.15) is 0 Å². The summed E-state index contributed by atoms with van der Waals surface area (Å²) in [5.74, 6) is -3.27. The zero-order valence-electron chi connectivity index (χ0n) is 10.9.